The van der Waals surface area contributed by atoms with E-state index in [0.29, 0.717) is 11.6 Å². The predicted octanol–water partition coefficient (Wildman–Crippen LogP) is 5.56. The molecular formula is C15H8F8O. The molecule has 0 unspecified atom stereocenters. The van der Waals surface area contributed by atoms with Crippen molar-refractivity contribution in [3.63, 3.8) is 0 Å². The van der Waals surface area contributed by atoms with Crippen molar-refractivity contribution in [3.8, 4) is 5.75 Å². The second-order valence-electron chi connectivity index (χ2n) is 4.86. The molecule has 0 heterocycles. The molecule has 0 aliphatic rings. The van der Waals surface area contributed by atoms with Crippen LogP contribution >= 0.6 is 0 Å². The highest BCUT2D eigenvalue weighted by molar-refractivity contribution is 5.34. The molecule has 2 aromatic rings. The van der Waals surface area contributed by atoms with Crippen molar-refractivity contribution in [1.82, 2.24) is 0 Å². The number of rotatable bonds is 3. The van der Waals surface area contributed by atoms with E-state index >= 15 is 0 Å². The fourth-order valence-electron chi connectivity index (χ4n) is 1.94. The van der Waals surface area contributed by atoms with Crippen LogP contribution in [0.2, 0.25) is 0 Å². The van der Waals surface area contributed by atoms with Gasteiger partial charge in [-0.05, 0) is 24.6 Å². The topological polar surface area (TPSA) is 9.23 Å². The van der Waals surface area contributed by atoms with Crippen molar-refractivity contribution < 1.29 is 39.9 Å². The molecule has 0 N–H and O–H groups in total. The van der Waals surface area contributed by atoms with E-state index in [4.69, 9.17) is 0 Å². The van der Waals surface area contributed by atoms with E-state index in [1.807, 2.05) is 0 Å². The van der Waals surface area contributed by atoms with E-state index in [1.54, 1.807) is 0 Å². The van der Waals surface area contributed by atoms with Gasteiger partial charge in [-0.2, -0.15) is 22.0 Å². The summed E-state index contributed by atoms with van der Waals surface area (Å²) in [5.41, 5.74) is -3.13. The zero-order chi connectivity index (χ0) is 18.3. The van der Waals surface area contributed by atoms with Crippen molar-refractivity contribution in [1.29, 1.82) is 0 Å². The molecule has 0 amide bonds. The molecule has 0 saturated carbocycles. The highest BCUT2D eigenvalue weighted by Gasteiger charge is 2.41. The Bertz CT molecular complexity index is 744. The quantitative estimate of drug-likeness (QED) is 0.655. The van der Waals surface area contributed by atoms with E-state index in [1.165, 1.54) is 6.92 Å². The molecule has 2 rings (SSSR count). The lowest BCUT2D eigenvalue weighted by molar-refractivity contribution is -0.187. The number of benzene rings is 2. The van der Waals surface area contributed by atoms with Gasteiger partial charge in [0.25, 0.3) is 0 Å². The van der Waals surface area contributed by atoms with Gasteiger partial charge in [0.05, 0.1) is 5.56 Å². The third-order valence-corrected chi connectivity index (χ3v) is 2.98. The van der Waals surface area contributed by atoms with Gasteiger partial charge in [-0.25, -0.2) is 13.2 Å². The minimum Gasteiger partial charge on any atom is -0.429 e. The first-order valence-corrected chi connectivity index (χ1v) is 6.31. The standard InChI is InChI=1S/C15H8F8O/c1-7-2-3-9(10(16)4-7)15(22,23)24-8-5-11(17)13(12(18)6-8)14(19,20)21/h2-6H,1H3. The van der Waals surface area contributed by atoms with Gasteiger partial charge in [-0.1, -0.05) is 6.07 Å². The van der Waals surface area contributed by atoms with Crippen LogP contribution in [0.3, 0.4) is 0 Å². The molecular weight excluding hydrogens is 348 g/mol. The van der Waals surface area contributed by atoms with Crippen molar-refractivity contribution in [2.45, 2.75) is 19.2 Å². The summed E-state index contributed by atoms with van der Waals surface area (Å²) in [4.78, 5) is 0. The highest BCUT2D eigenvalue weighted by Crippen LogP contribution is 2.38. The number of hydrogen-bond acceptors (Lipinski definition) is 1. The van der Waals surface area contributed by atoms with E-state index in [2.05, 4.69) is 4.74 Å². The van der Waals surface area contributed by atoms with Crippen LogP contribution in [0.25, 0.3) is 0 Å². The van der Waals surface area contributed by atoms with Crippen LogP contribution in [0.1, 0.15) is 16.7 Å². The molecule has 0 aliphatic carbocycles. The smallest absolute Gasteiger partial charge is 0.429 e. The molecule has 0 radical (unpaired) electrons. The molecule has 0 bridgehead atoms. The Morgan fingerprint density at radius 1 is 0.792 bits per heavy atom. The second kappa shape index (κ2) is 5.95. The Labute approximate surface area is 130 Å². The fourth-order valence-corrected chi connectivity index (χ4v) is 1.94. The number of halogens is 8. The Kier molecular flexibility index (Phi) is 4.47. The molecule has 0 atom stereocenters. The van der Waals surface area contributed by atoms with Crippen LogP contribution in [-0.4, -0.2) is 0 Å². The molecule has 0 aliphatic heterocycles. The minimum absolute atomic E-state index is 0.0497. The lowest BCUT2D eigenvalue weighted by Crippen LogP contribution is -2.24. The Morgan fingerprint density at radius 3 is 1.79 bits per heavy atom. The first-order valence-electron chi connectivity index (χ1n) is 6.31. The molecule has 24 heavy (non-hydrogen) atoms. The van der Waals surface area contributed by atoms with E-state index < -0.39 is 46.6 Å². The summed E-state index contributed by atoms with van der Waals surface area (Å²) in [6.07, 6.45) is -9.70. The van der Waals surface area contributed by atoms with Crippen LogP contribution in [0.15, 0.2) is 30.3 Å². The van der Waals surface area contributed by atoms with Crippen molar-refractivity contribution >= 4 is 0 Å². The number of ether oxygens (including phenoxy) is 1. The SMILES string of the molecule is Cc1ccc(C(F)(F)Oc2cc(F)c(C(F)(F)F)c(F)c2)c(F)c1. The third-order valence-electron chi connectivity index (χ3n) is 2.98. The summed E-state index contributed by atoms with van der Waals surface area (Å²) in [6, 6.07) is 2.52. The molecule has 9 heteroatoms. The Balaban J connectivity index is 2.40. The van der Waals surface area contributed by atoms with Crippen LogP contribution in [-0.2, 0) is 12.3 Å². The molecule has 0 fully saturated rings. The first-order chi connectivity index (χ1) is 10.9. The van der Waals surface area contributed by atoms with E-state index in [0.717, 1.165) is 12.1 Å². The van der Waals surface area contributed by atoms with Crippen LogP contribution in [0.5, 0.6) is 5.75 Å². The summed E-state index contributed by atoms with van der Waals surface area (Å²) in [6.45, 7) is 1.44. The van der Waals surface area contributed by atoms with Gasteiger partial charge < -0.3 is 4.74 Å². The number of alkyl halides is 5. The van der Waals surface area contributed by atoms with Gasteiger partial charge in [0.1, 0.15) is 28.8 Å². The Hall–Kier alpha value is -2.32. The van der Waals surface area contributed by atoms with Gasteiger partial charge >= 0.3 is 12.3 Å². The zero-order valence-electron chi connectivity index (χ0n) is 11.8. The van der Waals surface area contributed by atoms with Crippen LogP contribution in [0, 0.1) is 24.4 Å². The van der Waals surface area contributed by atoms with Crippen molar-refractivity contribution in [3.05, 3.63) is 64.5 Å². The number of aryl methyl sites for hydroxylation is 1. The molecule has 0 aromatic heterocycles. The molecule has 130 valence electrons. The van der Waals surface area contributed by atoms with Crippen molar-refractivity contribution in [2.75, 3.05) is 0 Å². The van der Waals surface area contributed by atoms with E-state index in [9.17, 15) is 35.1 Å². The summed E-state index contributed by atoms with van der Waals surface area (Å²) in [7, 11) is 0. The second-order valence-corrected chi connectivity index (χ2v) is 4.86. The minimum atomic E-state index is -5.35. The van der Waals surface area contributed by atoms with Crippen LogP contribution < -0.4 is 4.74 Å². The van der Waals surface area contributed by atoms with Gasteiger partial charge in [0, 0.05) is 12.1 Å². The average molecular weight is 356 g/mol. The summed E-state index contributed by atoms with van der Waals surface area (Å²) < 4.78 is 109. The monoisotopic (exact) mass is 356 g/mol. The average Bonchev–Trinajstić information content (AvgIpc) is 2.34. The lowest BCUT2D eigenvalue weighted by atomic mass is 10.1. The van der Waals surface area contributed by atoms with Gasteiger partial charge in [0.2, 0.25) is 0 Å². The van der Waals surface area contributed by atoms with Crippen LogP contribution in [0.4, 0.5) is 35.1 Å². The third kappa shape index (κ3) is 3.60. The van der Waals surface area contributed by atoms with Crippen molar-refractivity contribution in [2.24, 2.45) is 0 Å². The zero-order valence-corrected chi connectivity index (χ0v) is 11.8. The lowest BCUT2D eigenvalue weighted by Gasteiger charge is -2.20. The summed E-state index contributed by atoms with van der Waals surface area (Å²) in [5, 5.41) is 0. The Morgan fingerprint density at radius 2 is 1.33 bits per heavy atom. The molecule has 1 nitrogen and oxygen atoms in total. The fraction of sp³-hybridized carbons (Fsp3) is 0.200. The maximum absolute atomic E-state index is 13.9. The summed E-state index contributed by atoms with van der Waals surface area (Å²) >= 11 is 0. The van der Waals surface area contributed by atoms with Gasteiger partial charge in [0.15, 0.2) is 0 Å². The highest BCUT2D eigenvalue weighted by atomic mass is 19.4. The first kappa shape index (κ1) is 18.0. The summed E-state index contributed by atoms with van der Waals surface area (Å²) in [5.74, 6) is -6.81. The molecule has 2 aromatic carbocycles. The predicted molar refractivity (Wildman–Crippen MR) is 67.0 cm³/mol. The largest absolute Gasteiger partial charge is 0.429 e. The normalized spacial score (nSPS) is 12.4. The van der Waals surface area contributed by atoms with E-state index in [-0.39, 0.29) is 12.1 Å². The van der Waals surface area contributed by atoms with Gasteiger partial charge in [-0.15, -0.1) is 0 Å². The van der Waals surface area contributed by atoms with Gasteiger partial charge in [-0.3, -0.25) is 0 Å². The molecule has 0 spiro atoms. The maximum atomic E-state index is 13.9. The maximum Gasteiger partial charge on any atom is 0.429 e. The number of hydrogen-bond donors (Lipinski definition) is 0. The molecule has 0 saturated heterocycles.